The molecule has 114 valence electrons. The molecule has 1 unspecified atom stereocenters. The molecule has 1 atom stereocenters. The van der Waals surface area contributed by atoms with Gasteiger partial charge in [0.25, 0.3) is 0 Å². The second-order valence-electron chi connectivity index (χ2n) is 4.77. The molecule has 0 saturated carbocycles. The van der Waals surface area contributed by atoms with E-state index in [-0.39, 0.29) is 41.5 Å². The Hall–Kier alpha value is -1.53. The minimum absolute atomic E-state index is 0. The summed E-state index contributed by atoms with van der Waals surface area (Å²) >= 11 is 0. The van der Waals surface area contributed by atoms with E-state index >= 15 is 0 Å². The van der Waals surface area contributed by atoms with Gasteiger partial charge >= 0.3 is 29.6 Å². The van der Waals surface area contributed by atoms with Crippen molar-refractivity contribution in [3.05, 3.63) is 77.4 Å². The monoisotopic (exact) mass is 325 g/mol. The molecule has 0 amide bonds. The predicted molar refractivity (Wildman–Crippen MR) is 77.5 cm³/mol. The third kappa shape index (κ3) is 5.25. The molecule has 3 nitrogen and oxygen atoms in total. The van der Waals surface area contributed by atoms with Crippen LogP contribution in [0.1, 0.15) is 17.5 Å². The number of carbonyl (C=O) groups excluding carboxylic acids is 1. The van der Waals surface area contributed by atoms with Gasteiger partial charge in [-0.3, -0.25) is 0 Å². The molecule has 0 aliphatic carbocycles. The van der Waals surface area contributed by atoms with Crippen molar-refractivity contribution < 1.29 is 48.2 Å². The summed E-state index contributed by atoms with van der Waals surface area (Å²) in [6, 6.07) is 10.9. The van der Waals surface area contributed by atoms with Crippen LogP contribution in [0, 0.1) is 11.6 Å². The topological polar surface area (TPSA) is 66.2 Å². The molecule has 0 aliphatic heterocycles. The fourth-order valence-electron chi connectivity index (χ4n) is 2.05. The van der Waals surface area contributed by atoms with Crippen molar-refractivity contribution in [3.63, 3.8) is 0 Å². The van der Waals surface area contributed by atoms with Gasteiger partial charge in [-0.25, -0.2) is 8.78 Å². The third-order valence-electron chi connectivity index (χ3n) is 3.18. The Kier molecular flexibility index (Phi) is 7.58. The number of carboxylic acids is 1. The molecule has 23 heavy (non-hydrogen) atoms. The Morgan fingerprint density at radius 1 is 1.17 bits per heavy atom. The zero-order valence-electron chi connectivity index (χ0n) is 12.6. The number of hydrogen-bond donors (Lipinski definition) is 1. The van der Waals surface area contributed by atoms with Gasteiger partial charge in [0.1, 0.15) is 11.6 Å². The van der Waals surface area contributed by atoms with E-state index in [2.05, 4.69) is 0 Å². The van der Waals surface area contributed by atoms with Crippen molar-refractivity contribution >= 4 is 11.5 Å². The van der Waals surface area contributed by atoms with Crippen LogP contribution in [0.25, 0.3) is 5.57 Å². The van der Waals surface area contributed by atoms with Crippen LogP contribution in [0.2, 0.25) is 0 Å². The number of nitrogens with two attached hydrogens (primary N) is 1. The van der Waals surface area contributed by atoms with E-state index in [9.17, 15) is 18.7 Å². The largest absolute Gasteiger partial charge is 1.00 e. The average molecular weight is 325 g/mol. The molecule has 6 heteroatoms. The van der Waals surface area contributed by atoms with Crippen molar-refractivity contribution in [2.45, 2.75) is 12.5 Å². The first kappa shape index (κ1) is 19.5. The molecular weight excluding hydrogens is 311 g/mol. The van der Waals surface area contributed by atoms with Crippen LogP contribution < -0.4 is 40.4 Å². The number of rotatable bonds is 5. The zero-order chi connectivity index (χ0) is 16.1. The van der Waals surface area contributed by atoms with E-state index in [4.69, 9.17) is 5.73 Å². The average Bonchev–Trinajstić information content (AvgIpc) is 2.50. The Bertz CT molecular complexity index is 705. The van der Waals surface area contributed by atoms with Gasteiger partial charge in [-0.05, 0) is 29.7 Å². The normalized spacial score (nSPS) is 12.4. The second-order valence-corrected chi connectivity index (χ2v) is 4.77. The molecule has 0 radical (unpaired) electrons. The molecule has 2 aromatic carbocycles. The van der Waals surface area contributed by atoms with Crippen molar-refractivity contribution in [1.82, 2.24) is 0 Å². The van der Waals surface area contributed by atoms with E-state index < -0.39 is 23.6 Å². The molecule has 0 fully saturated rings. The molecule has 0 aromatic heterocycles. The molecular formula is C17H14F2NNaO2. The van der Waals surface area contributed by atoms with Crippen molar-refractivity contribution in [1.29, 1.82) is 0 Å². The molecule has 2 aromatic rings. The first-order valence-corrected chi connectivity index (χ1v) is 6.66. The van der Waals surface area contributed by atoms with Gasteiger partial charge in [0.2, 0.25) is 0 Å². The number of aliphatic carboxylic acids is 1. The van der Waals surface area contributed by atoms with Crippen LogP contribution in [-0.2, 0) is 4.79 Å². The fourth-order valence-corrected chi connectivity index (χ4v) is 2.05. The molecule has 0 aliphatic rings. The van der Waals surface area contributed by atoms with Crippen LogP contribution in [-0.4, -0.2) is 12.0 Å². The summed E-state index contributed by atoms with van der Waals surface area (Å²) < 4.78 is 27.1. The third-order valence-corrected chi connectivity index (χ3v) is 3.18. The SMILES string of the molecule is NC(C/C=C(\c1ccccc1)c1ccc(F)cc1F)C(=O)[O-].[Na+]. The minimum Gasteiger partial charge on any atom is -0.548 e. The number of halogens is 2. The number of hydrogen-bond acceptors (Lipinski definition) is 3. The number of carboxylic acid groups (broad SMARTS) is 1. The molecule has 2 N–H and O–H groups in total. The van der Waals surface area contributed by atoms with Crippen LogP contribution in [0.4, 0.5) is 8.78 Å². The van der Waals surface area contributed by atoms with Gasteiger partial charge in [-0.2, -0.15) is 0 Å². The molecule has 0 heterocycles. The molecule has 0 spiro atoms. The van der Waals surface area contributed by atoms with Gasteiger partial charge in [0.15, 0.2) is 0 Å². The number of carbonyl (C=O) groups is 1. The van der Waals surface area contributed by atoms with E-state index in [0.29, 0.717) is 11.1 Å². The summed E-state index contributed by atoms with van der Waals surface area (Å²) in [6.45, 7) is 0. The van der Waals surface area contributed by atoms with Gasteiger partial charge in [0, 0.05) is 17.7 Å². The zero-order valence-corrected chi connectivity index (χ0v) is 14.6. The summed E-state index contributed by atoms with van der Waals surface area (Å²) in [5.41, 5.74) is 6.73. The quantitative estimate of drug-likeness (QED) is 0.708. The maximum atomic E-state index is 14.0. The summed E-state index contributed by atoms with van der Waals surface area (Å²) in [5.74, 6) is -2.79. The summed E-state index contributed by atoms with van der Waals surface area (Å²) in [4.78, 5) is 10.7. The van der Waals surface area contributed by atoms with E-state index in [1.807, 2.05) is 0 Å². The molecule has 0 bridgehead atoms. The summed E-state index contributed by atoms with van der Waals surface area (Å²) in [5, 5.41) is 10.7. The van der Waals surface area contributed by atoms with Crippen molar-refractivity contribution in [3.8, 4) is 0 Å². The maximum Gasteiger partial charge on any atom is 1.00 e. The smallest absolute Gasteiger partial charge is 0.548 e. The first-order valence-electron chi connectivity index (χ1n) is 6.66. The van der Waals surface area contributed by atoms with Crippen LogP contribution >= 0.6 is 0 Å². The van der Waals surface area contributed by atoms with Gasteiger partial charge in [0.05, 0.1) is 5.97 Å². The second kappa shape index (κ2) is 8.93. The summed E-state index contributed by atoms with van der Waals surface area (Å²) in [6.07, 6.45) is 1.50. The molecule has 0 saturated heterocycles. The van der Waals surface area contributed by atoms with Crippen LogP contribution in [0.5, 0.6) is 0 Å². The fraction of sp³-hybridized carbons (Fsp3) is 0.118. The number of benzene rings is 2. The van der Waals surface area contributed by atoms with Gasteiger partial charge in [-0.1, -0.05) is 36.4 Å². The predicted octanol–water partition coefficient (Wildman–Crippen LogP) is -1.13. The van der Waals surface area contributed by atoms with Gasteiger partial charge in [-0.15, -0.1) is 0 Å². The van der Waals surface area contributed by atoms with Crippen molar-refractivity contribution in [2.75, 3.05) is 0 Å². The standard InChI is InChI=1S/C17H15F2NO2.Na/c18-12-6-7-14(15(19)10-12)13(8-9-16(20)17(21)22)11-4-2-1-3-5-11;/h1-8,10,16H,9,20H2,(H,21,22);/q;+1/p-1/b13-8+;. The Morgan fingerprint density at radius 2 is 1.83 bits per heavy atom. The van der Waals surface area contributed by atoms with Crippen LogP contribution in [0.3, 0.4) is 0 Å². The summed E-state index contributed by atoms with van der Waals surface area (Å²) in [7, 11) is 0. The first-order chi connectivity index (χ1) is 10.5. The molecule has 2 rings (SSSR count). The van der Waals surface area contributed by atoms with E-state index in [1.165, 1.54) is 12.1 Å². The van der Waals surface area contributed by atoms with Crippen LogP contribution in [0.15, 0.2) is 54.6 Å². The maximum absolute atomic E-state index is 14.0. The van der Waals surface area contributed by atoms with E-state index in [1.54, 1.807) is 30.3 Å². The Morgan fingerprint density at radius 3 is 2.39 bits per heavy atom. The Balaban J connectivity index is 0.00000264. The van der Waals surface area contributed by atoms with E-state index in [0.717, 1.165) is 12.1 Å². The van der Waals surface area contributed by atoms with Gasteiger partial charge < -0.3 is 15.6 Å². The minimum atomic E-state index is -1.39. The Labute approximate surface area is 155 Å². The van der Waals surface area contributed by atoms with Crippen molar-refractivity contribution in [2.24, 2.45) is 5.73 Å².